The van der Waals surface area contributed by atoms with Crippen molar-refractivity contribution >= 4 is 28.4 Å². The minimum atomic E-state index is -0.330. The summed E-state index contributed by atoms with van der Waals surface area (Å²) in [6, 6.07) is 17.9. The van der Waals surface area contributed by atoms with Crippen LogP contribution in [0.2, 0.25) is 0 Å². The first-order chi connectivity index (χ1) is 14.1. The van der Waals surface area contributed by atoms with Crippen molar-refractivity contribution < 1.29 is 0 Å². The van der Waals surface area contributed by atoms with E-state index in [1.807, 2.05) is 53.8 Å². The van der Waals surface area contributed by atoms with E-state index in [-0.39, 0.29) is 10.8 Å². The molecule has 0 N–H and O–H groups in total. The molecule has 1 unspecified atom stereocenters. The van der Waals surface area contributed by atoms with E-state index < -0.39 is 0 Å². The van der Waals surface area contributed by atoms with Gasteiger partial charge in [-0.25, -0.2) is 0 Å². The first-order valence-corrected chi connectivity index (χ1v) is 10.1. The molecule has 0 aliphatic rings. The molecule has 0 bridgehead atoms. The van der Waals surface area contributed by atoms with Crippen LogP contribution in [0.4, 0.5) is 0 Å². The molecule has 2 heterocycles. The van der Waals surface area contributed by atoms with Crippen molar-refractivity contribution in [1.82, 2.24) is 19.2 Å². The summed E-state index contributed by atoms with van der Waals surface area (Å²) in [5.74, 6) is 0.447. The molecule has 0 radical (unpaired) electrons. The summed E-state index contributed by atoms with van der Waals surface area (Å²) in [6.07, 6.45) is 2.26. The third kappa shape index (κ3) is 3.55. The topological polar surface area (TPSA) is 76.0 Å². The number of hydrogen-bond acceptors (Lipinski definition) is 5. The third-order valence-electron chi connectivity index (χ3n) is 4.72. The predicted molar refractivity (Wildman–Crippen MR) is 115 cm³/mol. The number of aryl methyl sites for hydroxylation is 1. The van der Waals surface area contributed by atoms with E-state index in [1.165, 1.54) is 17.3 Å². The summed E-state index contributed by atoms with van der Waals surface area (Å²) in [5.41, 5.74) is 2.88. The highest BCUT2D eigenvalue weighted by molar-refractivity contribution is 8.00. The average molecular weight is 401 g/mol. The van der Waals surface area contributed by atoms with Crippen LogP contribution in [0, 0.1) is 18.3 Å². The average Bonchev–Trinajstić information content (AvgIpc) is 3.15. The Morgan fingerprint density at radius 2 is 1.97 bits per heavy atom. The van der Waals surface area contributed by atoms with Gasteiger partial charge in [0.05, 0.1) is 17.0 Å². The summed E-state index contributed by atoms with van der Waals surface area (Å²) in [6.45, 7) is 6.11. The minimum absolute atomic E-state index is 0.131. The van der Waals surface area contributed by atoms with E-state index in [1.54, 1.807) is 16.7 Å². The van der Waals surface area contributed by atoms with E-state index in [4.69, 9.17) is 0 Å². The van der Waals surface area contributed by atoms with Crippen LogP contribution in [0.1, 0.15) is 11.1 Å². The second kappa shape index (κ2) is 7.94. The Hall–Kier alpha value is -3.37. The zero-order valence-electron chi connectivity index (χ0n) is 15.9. The number of nitrogens with zero attached hydrogens (tertiary/aromatic N) is 5. The summed E-state index contributed by atoms with van der Waals surface area (Å²) < 4.78 is 3.40. The third-order valence-corrected chi connectivity index (χ3v) is 5.75. The Labute approximate surface area is 172 Å². The molecule has 0 saturated heterocycles. The summed E-state index contributed by atoms with van der Waals surface area (Å²) >= 11 is 1.36. The van der Waals surface area contributed by atoms with Crippen molar-refractivity contribution in [3.8, 4) is 6.07 Å². The van der Waals surface area contributed by atoms with Crippen LogP contribution in [0.5, 0.6) is 0 Å². The number of thioether (sulfide) groups is 1. The van der Waals surface area contributed by atoms with E-state index in [0.29, 0.717) is 29.3 Å². The smallest absolute Gasteiger partial charge is 0.263 e. The largest absolute Gasteiger partial charge is 0.272 e. The van der Waals surface area contributed by atoms with Gasteiger partial charge in [-0.1, -0.05) is 59.8 Å². The molecule has 1 atom stereocenters. The van der Waals surface area contributed by atoms with Gasteiger partial charge in [0, 0.05) is 6.54 Å². The summed E-state index contributed by atoms with van der Waals surface area (Å²) in [5, 5.41) is 19.1. The van der Waals surface area contributed by atoms with Gasteiger partial charge >= 0.3 is 0 Å². The molecule has 4 aromatic rings. The number of benzene rings is 2. The van der Waals surface area contributed by atoms with Crippen LogP contribution >= 0.6 is 11.8 Å². The van der Waals surface area contributed by atoms with E-state index in [9.17, 15) is 10.1 Å². The lowest BCUT2D eigenvalue weighted by molar-refractivity contribution is 0.783. The minimum Gasteiger partial charge on any atom is -0.272 e. The lowest BCUT2D eigenvalue weighted by Crippen LogP contribution is -2.22. The highest BCUT2D eigenvalue weighted by atomic mass is 32.2. The van der Waals surface area contributed by atoms with Gasteiger partial charge < -0.3 is 0 Å². The number of allylic oxidation sites excluding steroid dienone is 1. The molecular weight excluding hydrogens is 382 g/mol. The van der Waals surface area contributed by atoms with Gasteiger partial charge in [-0.3, -0.25) is 13.8 Å². The number of para-hydroxylation sites is 1. The first kappa shape index (κ1) is 19.0. The van der Waals surface area contributed by atoms with Crippen molar-refractivity contribution in [2.45, 2.75) is 30.3 Å². The Bertz CT molecular complexity index is 1300. The molecule has 2 aromatic heterocycles. The van der Waals surface area contributed by atoms with Crippen LogP contribution < -0.4 is 5.56 Å². The number of fused-ring (bicyclic) bond motifs is 3. The maximum atomic E-state index is 12.9. The van der Waals surface area contributed by atoms with Crippen LogP contribution in [0.3, 0.4) is 0 Å². The predicted octanol–water partition coefficient (Wildman–Crippen LogP) is 3.77. The Morgan fingerprint density at radius 3 is 2.69 bits per heavy atom. The Morgan fingerprint density at radius 1 is 1.21 bits per heavy atom. The van der Waals surface area contributed by atoms with Gasteiger partial charge in [-0.15, -0.1) is 16.8 Å². The highest BCUT2D eigenvalue weighted by Gasteiger charge is 2.20. The molecule has 2 aromatic carbocycles. The maximum Gasteiger partial charge on any atom is 0.263 e. The lowest BCUT2D eigenvalue weighted by atomic mass is 10.1. The highest BCUT2D eigenvalue weighted by Crippen LogP contribution is 2.27. The van der Waals surface area contributed by atoms with Crippen molar-refractivity contribution in [2.75, 3.05) is 0 Å². The zero-order chi connectivity index (χ0) is 20.4. The Kier molecular flexibility index (Phi) is 5.19. The molecule has 7 heteroatoms. The number of rotatable bonds is 6. The number of aromatic nitrogens is 4. The van der Waals surface area contributed by atoms with Crippen molar-refractivity contribution in [3.05, 3.63) is 82.7 Å². The standard InChI is InChI=1S/C22H19N5OS/c1-3-12-26-20(28)18-6-4-5-7-19(18)27-21(26)24-25-22(27)29-17(14-23)13-16-10-8-15(2)9-11-16/h3-11,17H,1,12-13H2,2H3. The van der Waals surface area contributed by atoms with Crippen molar-refractivity contribution in [1.29, 1.82) is 5.26 Å². The van der Waals surface area contributed by atoms with Gasteiger partial charge in [0.2, 0.25) is 5.78 Å². The molecule has 144 valence electrons. The first-order valence-electron chi connectivity index (χ1n) is 9.21. The van der Waals surface area contributed by atoms with E-state index in [2.05, 4.69) is 22.8 Å². The molecule has 0 aliphatic heterocycles. The fourth-order valence-corrected chi connectivity index (χ4v) is 4.24. The van der Waals surface area contributed by atoms with Gasteiger partial charge in [-0.2, -0.15) is 5.26 Å². The second-order valence-corrected chi connectivity index (χ2v) is 7.93. The molecule has 0 aliphatic carbocycles. The molecule has 29 heavy (non-hydrogen) atoms. The fraction of sp³-hybridized carbons (Fsp3) is 0.182. The van der Waals surface area contributed by atoms with Gasteiger partial charge in [0.1, 0.15) is 5.25 Å². The van der Waals surface area contributed by atoms with Crippen molar-refractivity contribution in [2.24, 2.45) is 0 Å². The molecule has 0 saturated carbocycles. The number of hydrogen-bond donors (Lipinski definition) is 0. The van der Waals surface area contributed by atoms with Crippen LogP contribution in [0.25, 0.3) is 16.7 Å². The monoisotopic (exact) mass is 401 g/mol. The molecule has 0 spiro atoms. The molecule has 6 nitrogen and oxygen atoms in total. The quantitative estimate of drug-likeness (QED) is 0.363. The maximum absolute atomic E-state index is 12.9. The van der Waals surface area contributed by atoms with Gasteiger partial charge in [0.15, 0.2) is 5.16 Å². The Balaban J connectivity index is 1.80. The van der Waals surface area contributed by atoms with Crippen LogP contribution in [-0.4, -0.2) is 24.4 Å². The van der Waals surface area contributed by atoms with Crippen molar-refractivity contribution in [3.63, 3.8) is 0 Å². The molecular formula is C22H19N5OS. The van der Waals surface area contributed by atoms with Crippen LogP contribution in [-0.2, 0) is 13.0 Å². The number of nitriles is 1. The van der Waals surface area contributed by atoms with Crippen LogP contribution in [0.15, 0.2) is 71.1 Å². The van der Waals surface area contributed by atoms with Gasteiger partial charge in [0.25, 0.3) is 5.56 Å². The molecule has 0 fully saturated rings. The lowest BCUT2D eigenvalue weighted by Gasteiger charge is -2.11. The SMILES string of the molecule is C=CCn1c(=O)c2ccccc2n2c(SC(C#N)Cc3ccc(C)cc3)nnc12. The van der Waals surface area contributed by atoms with E-state index >= 15 is 0 Å². The second-order valence-electron chi connectivity index (χ2n) is 6.76. The normalized spacial score (nSPS) is 12.1. The van der Waals surface area contributed by atoms with E-state index in [0.717, 1.165) is 11.1 Å². The van der Waals surface area contributed by atoms with Gasteiger partial charge in [-0.05, 0) is 31.0 Å². The zero-order valence-corrected chi connectivity index (χ0v) is 16.8. The summed E-state index contributed by atoms with van der Waals surface area (Å²) in [4.78, 5) is 12.9. The molecule has 0 amide bonds. The summed E-state index contributed by atoms with van der Waals surface area (Å²) in [7, 11) is 0. The molecule has 4 rings (SSSR count). The fourth-order valence-electron chi connectivity index (χ4n) is 3.28.